The molecule has 32 heavy (non-hydrogen) atoms. The molecule has 158 valence electrons. The molecule has 1 heterocycles. The second-order valence-electron chi connectivity index (χ2n) is 7.27. The van der Waals surface area contributed by atoms with E-state index in [-0.39, 0.29) is 6.15 Å². The molecule has 0 saturated carbocycles. The van der Waals surface area contributed by atoms with Gasteiger partial charge < -0.3 is 4.57 Å². The molecular weight excluding hydrogens is 443 g/mol. The van der Waals surface area contributed by atoms with Gasteiger partial charge >= 0.3 is 6.15 Å². The largest absolute Gasteiger partial charge is 0.373 e. The fraction of sp³-hybridized carbons (Fsp3) is 0.0769. The first-order valence-corrected chi connectivity index (χ1v) is 10.7. The summed E-state index contributed by atoms with van der Waals surface area (Å²) >= 11 is 12.3. The maximum absolute atomic E-state index is 8.12. The van der Waals surface area contributed by atoms with Crippen LogP contribution >= 0.6 is 23.2 Å². The fourth-order valence-electron chi connectivity index (χ4n) is 3.92. The Morgan fingerprint density at radius 2 is 1.59 bits per heavy atom. The van der Waals surface area contributed by atoms with Crippen molar-refractivity contribution in [2.24, 2.45) is 0 Å². The Morgan fingerprint density at radius 3 is 2.31 bits per heavy atom. The molecule has 1 aromatic heterocycles. The number of allylic oxidation sites excluding steroid dienone is 1. The van der Waals surface area contributed by atoms with E-state index in [0.717, 1.165) is 40.0 Å². The second-order valence-corrected chi connectivity index (χ2v) is 8.14. The number of benzene rings is 3. The number of hydrogen-bond acceptors (Lipinski definition) is 3. The lowest BCUT2D eigenvalue weighted by Gasteiger charge is -2.13. The van der Waals surface area contributed by atoms with E-state index in [2.05, 4.69) is 47.0 Å². The Hall–Kier alpha value is -3.43. The van der Waals surface area contributed by atoms with Crippen molar-refractivity contribution in [1.82, 2.24) is 9.55 Å². The molecule has 1 aliphatic rings. The highest BCUT2D eigenvalue weighted by Gasteiger charge is 2.23. The maximum atomic E-state index is 8.12. The minimum Gasteiger partial charge on any atom is -0.326 e. The number of imidazole rings is 1. The van der Waals surface area contributed by atoms with E-state index in [9.17, 15) is 0 Å². The van der Waals surface area contributed by atoms with Crippen molar-refractivity contribution >= 4 is 34.9 Å². The van der Waals surface area contributed by atoms with E-state index >= 15 is 0 Å². The topological polar surface area (TPSA) is 52.0 Å². The molecule has 0 bridgehead atoms. The third-order valence-electron chi connectivity index (χ3n) is 5.29. The van der Waals surface area contributed by atoms with Crippen molar-refractivity contribution < 1.29 is 9.59 Å². The summed E-state index contributed by atoms with van der Waals surface area (Å²) in [6.45, 7) is 0.729. The van der Waals surface area contributed by atoms with Gasteiger partial charge in [0.1, 0.15) is 0 Å². The number of nitrogens with zero attached hydrogens (tertiary/aromatic N) is 2. The summed E-state index contributed by atoms with van der Waals surface area (Å²) in [4.78, 5) is 21.1. The normalized spacial score (nSPS) is 11.8. The van der Waals surface area contributed by atoms with Gasteiger partial charge in [0.2, 0.25) is 0 Å². The molecule has 0 radical (unpaired) electrons. The van der Waals surface area contributed by atoms with Gasteiger partial charge in [0.25, 0.3) is 0 Å². The van der Waals surface area contributed by atoms with Crippen molar-refractivity contribution in [3.63, 3.8) is 0 Å². The van der Waals surface area contributed by atoms with Gasteiger partial charge in [-0.3, -0.25) is 0 Å². The molecule has 3 aromatic carbocycles. The van der Waals surface area contributed by atoms with Gasteiger partial charge in [0.05, 0.1) is 17.7 Å². The van der Waals surface area contributed by atoms with Crippen LogP contribution in [0.2, 0.25) is 10.0 Å². The van der Waals surface area contributed by atoms with Crippen LogP contribution in [0.15, 0.2) is 85.2 Å². The zero-order chi connectivity index (χ0) is 22.5. The summed E-state index contributed by atoms with van der Waals surface area (Å²) in [6, 6.07) is 24.5. The zero-order valence-electron chi connectivity index (χ0n) is 17.0. The Kier molecular flexibility index (Phi) is 6.67. The first kappa shape index (κ1) is 21.8. The average Bonchev–Trinajstić information content (AvgIpc) is 3.40. The molecule has 0 saturated heterocycles. The van der Waals surface area contributed by atoms with Gasteiger partial charge in [-0.25, -0.2) is 4.98 Å². The van der Waals surface area contributed by atoms with Gasteiger partial charge in [-0.15, -0.1) is 0 Å². The lowest BCUT2D eigenvalue weighted by molar-refractivity contribution is -0.191. The average molecular weight is 461 g/mol. The minimum absolute atomic E-state index is 0.250. The lowest BCUT2D eigenvalue weighted by Crippen LogP contribution is -2.04. The summed E-state index contributed by atoms with van der Waals surface area (Å²) in [5, 5.41) is 1.52. The van der Waals surface area contributed by atoms with Crippen LogP contribution < -0.4 is 0 Å². The summed E-state index contributed by atoms with van der Waals surface area (Å²) in [7, 11) is 0. The van der Waals surface area contributed by atoms with E-state index in [0.29, 0.717) is 0 Å². The molecule has 5 rings (SSSR count). The summed E-state index contributed by atoms with van der Waals surface area (Å²) in [5.74, 6) is 0. The quantitative estimate of drug-likeness (QED) is 0.358. The van der Waals surface area contributed by atoms with Gasteiger partial charge in [-0.05, 0) is 47.4 Å². The van der Waals surface area contributed by atoms with Crippen LogP contribution in [-0.4, -0.2) is 15.7 Å². The maximum Gasteiger partial charge on any atom is 0.373 e. The van der Waals surface area contributed by atoms with Crippen molar-refractivity contribution in [3.8, 4) is 11.3 Å². The molecule has 0 fully saturated rings. The number of rotatable bonds is 4. The van der Waals surface area contributed by atoms with E-state index < -0.39 is 0 Å². The number of aromatic nitrogens is 2. The molecule has 0 aliphatic heterocycles. The van der Waals surface area contributed by atoms with Crippen LogP contribution in [0.25, 0.3) is 16.8 Å². The summed E-state index contributed by atoms with van der Waals surface area (Å²) in [6.07, 6.45) is 5.34. The monoisotopic (exact) mass is 460 g/mol. The standard InChI is InChI=1S/C25H18Cl2N2.CO2/c26-20-9-6-17(7-10-20)15-29-16-28-24(18-4-2-1-3-5-18)25(29)23-12-8-19-14-21(27)11-13-22(19)23;2-1-3/h1-7,9-14,16H,8,15H2;. The minimum atomic E-state index is 0.250. The first-order valence-electron chi connectivity index (χ1n) is 9.94. The second kappa shape index (κ2) is 9.80. The van der Waals surface area contributed by atoms with Crippen LogP contribution in [0.5, 0.6) is 0 Å². The molecule has 4 nitrogen and oxygen atoms in total. The highest BCUT2D eigenvalue weighted by atomic mass is 35.5. The predicted molar refractivity (Wildman–Crippen MR) is 125 cm³/mol. The Labute approximate surface area is 195 Å². The van der Waals surface area contributed by atoms with Gasteiger partial charge in [0, 0.05) is 27.7 Å². The van der Waals surface area contributed by atoms with Gasteiger partial charge in [0.15, 0.2) is 0 Å². The number of fused-ring (bicyclic) bond motifs is 1. The van der Waals surface area contributed by atoms with Crippen LogP contribution in [0.1, 0.15) is 22.4 Å². The van der Waals surface area contributed by atoms with E-state index in [1.165, 1.54) is 22.3 Å². The molecule has 6 heteroatoms. The highest BCUT2D eigenvalue weighted by molar-refractivity contribution is 6.31. The molecule has 0 atom stereocenters. The molecule has 0 unspecified atom stereocenters. The number of halogens is 2. The van der Waals surface area contributed by atoms with Crippen molar-refractivity contribution in [3.05, 3.63) is 118 Å². The molecule has 0 spiro atoms. The number of carbonyl (C=O) groups excluding carboxylic acids is 2. The summed E-state index contributed by atoms with van der Waals surface area (Å²) in [5.41, 5.74) is 8.11. The lowest BCUT2D eigenvalue weighted by atomic mass is 9.99. The van der Waals surface area contributed by atoms with Gasteiger partial charge in [-0.2, -0.15) is 9.59 Å². The van der Waals surface area contributed by atoms with Crippen molar-refractivity contribution in [2.45, 2.75) is 13.0 Å². The fourth-order valence-corrected chi connectivity index (χ4v) is 4.24. The van der Waals surface area contributed by atoms with E-state index in [4.69, 9.17) is 37.8 Å². The van der Waals surface area contributed by atoms with E-state index in [1.54, 1.807) is 0 Å². The van der Waals surface area contributed by atoms with E-state index in [1.807, 2.05) is 42.7 Å². The van der Waals surface area contributed by atoms with Crippen LogP contribution in [0.4, 0.5) is 0 Å². The third-order valence-corrected chi connectivity index (χ3v) is 5.78. The van der Waals surface area contributed by atoms with Crippen molar-refractivity contribution in [2.75, 3.05) is 0 Å². The highest BCUT2D eigenvalue weighted by Crippen LogP contribution is 2.38. The van der Waals surface area contributed by atoms with Gasteiger partial charge in [-0.1, -0.05) is 77.8 Å². The third kappa shape index (κ3) is 4.58. The van der Waals surface area contributed by atoms with Crippen LogP contribution in [-0.2, 0) is 22.6 Å². The van der Waals surface area contributed by atoms with Crippen LogP contribution in [0.3, 0.4) is 0 Å². The zero-order valence-corrected chi connectivity index (χ0v) is 18.5. The number of hydrogen-bond donors (Lipinski definition) is 0. The molecule has 0 N–H and O–H groups in total. The predicted octanol–water partition coefficient (Wildman–Crippen LogP) is 6.31. The summed E-state index contributed by atoms with van der Waals surface area (Å²) < 4.78 is 2.22. The Morgan fingerprint density at radius 1 is 0.906 bits per heavy atom. The molecule has 0 amide bonds. The SMILES string of the molecule is Clc1ccc(Cn2cnc(-c3ccccc3)c2C2=CCc3cc(Cl)ccc32)cc1.O=C=O. The smallest absolute Gasteiger partial charge is 0.326 e. The Bertz CT molecular complexity index is 1300. The molecule has 1 aliphatic carbocycles. The molecule has 4 aromatic rings. The van der Waals surface area contributed by atoms with Crippen LogP contribution in [0, 0.1) is 0 Å². The molecular formula is C26H18Cl2N2O2. The first-order chi connectivity index (χ1) is 15.6. The Balaban J connectivity index is 0.000000775. The van der Waals surface area contributed by atoms with Crippen molar-refractivity contribution in [1.29, 1.82) is 0 Å².